The third-order valence-corrected chi connectivity index (χ3v) is 4.14. The Kier molecular flexibility index (Phi) is 2.96. The molecule has 0 spiro atoms. The van der Waals surface area contributed by atoms with Crippen LogP contribution in [0.15, 0.2) is 21.1 Å². The number of morpholine rings is 1. The summed E-state index contributed by atoms with van der Waals surface area (Å²) in [6.45, 7) is 3.60. The molecule has 0 radical (unpaired) electrons. The molecule has 86 valence electrons. The molecule has 0 saturated carbocycles. The topological polar surface area (TPSA) is 24.5 Å². The van der Waals surface area contributed by atoms with Crippen molar-refractivity contribution >= 4 is 37.5 Å². The zero-order valence-corrected chi connectivity index (χ0v) is 11.8. The summed E-state index contributed by atoms with van der Waals surface area (Å²) in [7, 11) is 0. The van der Waals surface area contributed by atoms with Gasteiger partial charge < -0.3 is 10.1 Å². The van der Waals surface area contributed by atoms with Crippen molar-refractivity contribution < 1.29 is 4.74 Å². The maximum atomic E-state index is 5.49. The molecule has 16 heavy (non-hydrogen) atoms. The lowest BCUT2D eigenvalue weighted by molar-refractivity contribution is -0.00409. The van der Waals surface area contributed by atoms with Gasteiger partial charge in [0.25, 0.3) is 0 Å². The van der Waals surface area contributed by atoms with Crippen LogP contribution in [0, 0.1) is 0 Å². The molecule has 0 aliphatic carbocycles. The Morgan fingerprint density at radius 1 is 1.38 bits per heavy atom. The normalized spacial score (nSPS) is 24.5. The van der Waals surface area contributed by atoms with Crippen molar-refractivity contribution in [3.8, 4) is 0 Å². The fourth-order valence-electron chi connectivity index (χ4n) is 2.26. The third-order valence-electron chi connectivity index (χ3n) is 3.06. The molecule has 3 nitrogen and oxygen atoms in total. The van der Waals surface area contributed by atoms with E-state index in [1.54, 1.807) is 0 Å². The number of fused-ring (bicyclic) bond motifs is 2. The first-order valence-corrected chi connectivity index (χ1v) is 6.89. The minimum absolute atomic E-state index is 0.318. The van der Waals surface area contributed by atoms with E-state index < -0.39 is 0 Å². The molecule has 1 unspecified atom stereocenters. The van der Waals surface area contributed by atoms with Crippen LogP contribution in [0.25, 0.3) is 0 Å². The number of hydrogen-bond acceptors (Lipinski definition) is 3. The Bertz CT molecular complexity index is 425. The van der Waals surface area contributed by atoms with Crippen LogP contribution in [0.1, 0.15) is 5.56 Å². The van der Waals surface area contributed by atoms with Crippen LogP contribution in [0.2, 0.25) is 0 Å². The van der Waals surface area contributed by atoms with Crippen LogP contribution in [-0.4, -0.2) is 30.8 Å². The molecule has 1 N–H and O–H groups in total. The molecular formula is C11H12Br2N2O. The highest BCUT2D eigenvalue weighted by molar-refractivity contribution is 9.11. The van der Waals surface area contributed by atoms with Crippen LogP contribution in [0.4, 0.5) is 5.69 Å². The maximum Gasteiger partial charge on any atom is 0.104 e. The number of hydrogen-bond donors (Lipinski definition) is 1. The molecule has 1 aromatic carbocycles. The second-order valence-electron chi connectivity index (χ2n) is 4.13. The zero-order chi connectivity index (χ0) is 11.1. The summed E-state index contributed by atoms with van der Waals surface area (Å²) in [6, 6.07) is 4.25. The first-order chi connectivity index (χ1) is 7.74. The van der Waals surface area contributed by atoms with Crippen molar-refractivity contribution in [2.24, 2.45) is 0 Å². The SMILES string of the molecule is Brc1cc(Br)c2c(c1)CN1CCOCC1N2. The fraction of sp³-hybridized carbons (Fsp3) is 0.455. The van der Waals surface area contributed by atoms with Gasteiger partial charge in [-0.15, -0.1) is 0 Å². The van der Waals surface area contributed by atoms with Gasteiger partial charge in [0, 0.05) is 22.0 Å². The van der Waals surface area contributed by atoms with Crippen molar-refractivity contribution in [2.75, 3.05) is 25.1 Å². The second-order valence-corrected chi connectivity index (χ2v) is 5.90. The Hall–Kier alpha value is -0.100. The van der Waals surface area contributed by atoms with Gasteiger partial charge in [0.15, 0.2) is 0 Å². The molecule has 2 heterocycles. The van der Waals surface area contributed by atoms with Gasteiger partial charge in [-0.2, -0.15) is 0 Å². The maximum absolute atomic E-state index is 5.49. The number of halogens is 2. The van der Waals surface area contributed by atoms with Crippen molar-refractivity contribution in [3.63, 3.8) is 0 Å². The largest absolute Gasteiger partial charge is 0.377 e. The lowest BCUT2D eigenvalue weighted by atomic mass is 10.1. The number of anilines is 1. The Morgan fingerprint density at radius 3 is 3.12 bits per heavy atom. The Morgan fingerprint density at radius 2 is 2.25 bits per heavy atom. The van der Waals surface area contributed by atoms with E-state index in [0.717, 1.165) is 35.2 Å². The van der Waals surface area contributed by atoms with Crippen molar-refractivity contribution in [1.82, 2.24) is 4.90 Å². The first kappa shape index (κ1) is 11.0. The lowest BCUT2D eigenvalue weighted by Crippen LogP contribution is -2.51. The average molecular weight is 348 g/mol. The van der Waals surface area contributed by atoms with E-state index in [2.05, 4.69) is 54.2 Å². The molecule has 1 atom stereocenters. The summed E-state index contributed by atoms with van der Waals surface area (Å²) in [5.74, 6) is 0. The fourth-order valence-corrected chi connectivity index (χ4v) is 3.69. The molecule has 0 amide bonds. The predicted molar refractivity (Wildman–Crippen MR) is 70.5 cm³/mol. The summed E-state index contributed by atoms with van der Waals surface area (Å²) >= 11 is 7.13. The highest BCUT2D eigenvalue weighted by atomic mass is 79.9. The average Bonchev–Trinajstić information content (AvgIpc) is 2.27. The number of ether oxygens (including phenoxy) is 1. The molecule has 2 aliphatic heterocycles. The minimum atomic E-state index is 0.318. The van der Waals surface area contributed by atoms with Gasteiger partial charge in [0.05, 0.1) is 18.9 Å². The van der Waals surface area contributed by atoms with Crippen LogP contribution in [0.3, 0.4) is 0 Å². The molecule has 1 saturated heterocycles. The van der Waals surface area contributed by atoms with Gasteiger partial charge in [-0.3, -0.25) is 4.90 Å². The summed E-state index contributed by atoms with van der Waals surface area (Å²) in [6.07, 6.45) is 0.318. The van der Waals surface area contributed by atoms with Crippen molar-refractivity contribution in [2.45, 2.75) is 12.7 Å². The Balaban J connectivity index is 1.98. The summed E-state index contributed by atoms with van der Waals surface area (Å²) < 4.78 is 7.72. The van der Waals surface area contributed by atoms with E-state index >= 15 is 0 Å². The van der Waals surface area contributed by atoms with Gasteiger partial charge in [0.2, 0.25) is 0 Å². The van der Waals surface area contributed by atoms with Gasteiger partial charge >= 0.3 is 0 Å². The number of rotatable bonds is 0. The first-order valence-electron chi connectivity index (χ1n) is 5.30. The van der Waals surface area contributed by atoms with E-state index in [0.29, 0.717) is 6.17 Å². The number of nitrogens with one attached hydrogen (secondary N) is 1. The summed E-state index contributed by atoms with van der Waals surface area (Å²) in [5, 5.41) is 3.53. The van der Waals surface area contributed by atoms with E-state index in [9.17, 15) is 0 Å². The van der Waals surface area contributed by atoms with Crippen LogP contribution in [0.5, 0.6) is 0 Å². The van der Waals surface area contributed by atoms with E-state index in [1.807, 2.05) is 0 Å². The molecule has 0 aromatic heterocycles. The van der Waals surface area contributed by atoms with Crippen molar-refractivity contribution in [3.05, 3.63) is 26.6 Å². The Labute approximate surface area is 111 Å². The molecular weight excluding hydrogens is 336 g/mol. The molecule has 1 fully saturated rings. The molecule has 5 heteroatoms. The zero-order valence-electron chi connectivity index (χ0n) is 8.67. The quantitative estimate of drug-likeness (QED) is 0.781. The highest BCUT2D eigenvalue weighted by Crippen LogP contribution is 2.35. The van der Waals surface area contributed by atoms with E-state index in [4.69, 9.17) is 4.74 Å². The smallest absolute Gasteiger partial charge is 0.104 e. The highest BCUT2D eigenvalue weighted by Gasteiger charge is 2.29. The minimum Gasteiger partial charge on any atom is -0.377 e. The van der Waals surface area contributed by atoms with Crippen LogP contribution in [-0.2, 0) is 11.3 Å². The van der Waals surface area contributed by atoms with Gasteiger partial charge in [-0.25, -0.2) is 0 Å². The monoisotopic (exact) mass is 346 g/mol. The van der Waals surface area contributed by atoms with Gasteiger partial charge in [-0.1, -0.05) is 15.9 Å². The predicted octanol–water partition coefficient (Wildman–Crippen LogP) is 2.80. The lowest BCUT2D eigenvalue weighted by Gasteiger charge is -2.41. The molecule has 2 aliphatic rings. The molecule has 3 rings (SSSR count). The number of nitrogens with zero attached hydrogens (tertiary/aromatic N) is 1. The van der Waals surface area contributed by atoms with Gasteiger partial charge in [0.1, 0.15) is 6.17 Å². The third kappa shape index (κ3) is 1.90. The van der Waals surface area contributed by atoms with Crippen LogP contribution < -0.4 is 5.32 Å². The van der Waals surface area contributed by atoms with Crippen LogP contribution >= 0.6 is 31.9 Å². The standard InChI is InChI=1S/C11H12Br2N2O/c12-8-3-7-5-15-1-2-16-6-10(15)14-11(7)9(13)4-8/h3-4,10,14H,1-2,5-6H2. The molecule has 0 bridgehead atoms. The summed E-state index contributed by atoms with van der Waals surface area (Å²) in [4.78, 5) is 2.42. The van der Waals surface area contributed by atoms with E-state index in [1.165, 1.54) is 11.3 Å². The summed E-state index contributed by atoms with van der Waals surface area (Å²) in [5.41, 5.74) is 2.54. The van der Waals surface area contributed by atoms with Crippen molar-refractivity contribution in [1.29, 1.82) is 0 Å². The molecule has 1 aromatic rings. The van der Waals surface area contributed by atoms with Gasteiger partial charge in [-0.05, 0) is 33.6 Å². The second kappa shape index (κ2) is 4.29. The van der Waals surface area contributed by atoms with E-state index in [-0.39, 0.29) is 0 Å². The number of benzene rings is 1.